The number of rotatable bonds is 5. The molecule has 0 unspecified atom stereocenters. The van der Waals surface area contributed by atoms with Gasteiger partial charge in [0.2, 0.25) is 5.91 Å². The van der Waals surface area contributed by atoms with Crippen molar-refractivity contribution in [1.82, 2.24) is 4.90 Å². The van der Waals surface area contributed by atoms with E-state index in [1.54, 1.807) is 11.1 Å². The largest absolute Gasteiger partial charge is 0.383 e. The third kappa shape index (κ3) is 2.90. The molecule has 0 saturated heterocycles. The van der Waals surface area contributed by atoms with Crippen LogP contribution in [0.1, 0.15) is 18.4 Å². The molecule has 1 aliphatic carbocycles. The van der Waals surface area contributed by atoms with Crippen LogP contribution in [0.25, 0.3) is 0 Å². The highest BCUT2D eigenvalue weighted by Gasteiger charge is 2.55. The van der Waals surface area contributed by atoms with E-state index in [1.165, 1.54) is 6.08 Å². The Balaban J connectivity index is 2.09. The summed E-state index contributed by atoms with van der Waals surface area (Å²) in [7, 11) is 3.69. The van der Waals surface area contributed by atoms with Gasteiger partial charge in [-0.25, -0.2) is 0 Å². The quantitative estimate of drug-likeness (QED) is 0.661. The van der Waals surface area contributed by atoms with Crippen molar-refractivity contribution in [3.63, 3.8) is 0 Å². The second-order valence-electron chi connectivity index (χ2n) is 5.49. The Kier molecular flexibility index (Phi) is 3.93. The molecule has 0 spiro atoms. The molecule has 4 nitrogen and oxygen atoms in total. The highest BCUT2D eigenvalue weighted by molar-refractivity contribution is 6.17. The van der Waals surface area contributed by atoms with Crippen molar-refractivity contribution < 1.29 is 9.59 Å². The lowest BCUT2D eigenvalue weighted by molar-refractivity contribution is -0.130. The second-order valence-corrected chi connectivity index (χ2v) is 5.49. The average molecular weight is 272 g/mol. The maximum absolute atomic E-state index is 12.4. The van der Waals surface area contributed by atoms with Crippen LogP contribution in [-0.2, 0) is 9.59 Å². The Morgan fingerprint density at radius 3 is 2.45 bits per heavy atom. The van der Waals surface area contributed by atoms with Crippen molar-refractivity contribution in [2.75, 3.05) is 19.4 Å². The zero-order valence-corrected chi connectivity index (χ0v) is 12.1. The second kappa shape index (κ2) is 5.49. The lowest BCUT2D eigenvalue weighted by Gasteiger charge is -2.14. The molecular formula is C16H20N2O2. The molecule has 1 fully saturated rings. The van der Waals surface area contributed by atoms with E-state index in [1.807, 2.05) is 45.3 Å². The van der Waals surface area contributed by atoms with Crippen molar-refractivity contribution >= 4 is 17.4 Å². The smallest absolute Gasteiger partial charge is 0.238 e. The number of hydrogen-bond donors (Lipinski definition) is 1. The first-order valence-electron chi connectivity index (χ1n) is 6.72. The van der Waals surface area contributed by atoms with Gasteiger partial charge in [0.15, 0.2) is 5.78 Å². The molecule has 0 bridgehead atoms. The SMILES string of the molecule is Cc1ccccc1NC(=O)C1(C(=O)/C=C/N(C)C)CC1. The maximum Gasteiger partial charge on any atom is 0.238 e. The minimum atomic E-state index is -0.852. The summed E-state index contributed by atoms with van der Waals surface area (Å²) >= 11 is 0. The van der Waals surface area contributed by atoms with Gasteiger partial charge < -0.3 is 10.2 Å². The van der Waals surface area contributed by atoms with Crippen molar-refractivity contribution in [2.45, 2.75) is 19.8 Å². The molecule has 1 aromatic carbocycles. The van der Waals surface area contributed by atoms with Gasteiger partial charge in [0.25, 0.3) is 0 Å². The van der Waals surface area contributed by atoms with Crippen LogP contribution in [0.4, 0.5) is 5.69 Å². The molecule has 1 aliphatic rings. The molecule has 1 N–H and O–H groups in total. The van der Waals surface area contributed by atoms with Crippen LogP contribution in [0, 0.1) is 12.3 Å². The van der Waals surface area contributed by atoms with Gasteiger partial charge >= 0.3 is 0 Å². The summed E-state index contributed by atoms with van der Waals surface area (Å²) in [4.78, 5) is 26.3. The molecule has 20 heavy (non-hydrogen) atoms. The highest BCUT2D eigenvalue weighted by Crippen LogP contribution is 2.47. The molecule has 0 aromatic heterocycles. The van der Waals surface area contributed by atoms with Gasteiger partial charge in [0.05, 0.1) is 0 Å². The minimum Gasteiger partial charge on any atom is -0.383 e. The van der Waals surface area contributed by atoms with Crippen molar-refractivity contribution in [3.05, 3.63) is 42.1 Å². The van der Waals surface area contributed by atoms with Crippen LogP contribution in [0.15, 0.2) is 36.5 Å². The fraction of sp³-hybridized carbons (Fsp3) is 0.375. The number of benzene rings is 1. The molecule has 106 valence electrons. The summed E-state index contributed by atoms with van der Waals surface area (Å²) in [6.07, 6.45) is 4.43. The van der Waals surface area contributed by atoms with Gasteiger partial charge in [-0.05, 0) is 37.5 Å². The van der Waals surface area contributed by atoms with E-state index in [0.29, 0.717) is 12.8 Å². The number of hydrogen-bond acceptors (Lipinski definition) is 3. The Hall–Kier alpha value is -2.10. The Bertz CT molecular complexity index is 557. The summed E-state index contributed by atoms with van der Waals surface area (Å²) < 4.78 is 0. The number of ketones is 1. The number of carbonyl (C=O) groups excluding carboxylic acids is 2. The summed E-state index contributed by atoms with van der Waals surface area (Å²) in [6, 6.07) is 7.57. The zero-order valence-electron chi connectivity index (χ0n) is 12.1. The topological polar surface area (TPSA) is 49.4 Å². The standard InChI is InChI=1S/C16H20N2O2/c1-12-6-4-5-7-13(12)17-15(20)16(9-10-16)14(19)8-11-18(2)3/h4-8,11H,9-10H2,1-3H3,(H,17,20)/b11-8+. The Labute approximate surface area is 119 Å². The maximum atomic E-state index is 12.4. The van der Waals surface area contributed by atoms with Crippen LogP contribution in [0.3, 0.4) is 0 Å². The molecule has 2 rings (SSSR count). The van der Waals surface area contributed by atoms with Crippen molar-refractivity contribution in [2.24, 2.45) is 5.41 Å². The zero-order chi connectivity index (χ0) is 14.8. The lowest BCUT2D eigenvalue weighted by atomic mass is 9.99. The number of anilines is 1. The van der Waals surface area contributed by atoms with E-state index in [-0.39, 0.29) is 11.7 Å². The van der Waals surface area contributed by atoms with E-state index in [0.717, 1.165) is 11.3 Å². The summed E-state index contributed by atoms with van der Waals surface area (Å²) in [5.41, 5.74) is 0.913. The lowest BCUT2D eigenvalue weighted by Crippen LogP contribution is -2.31. The fourth-order valence-electron chi connectivity index (χ4n) is 2.04. The average Bonchev–Trinajstić information content (AvgIpc) is 3.20. The first-order chi connectivity index (χ1) is 9.45. The summed E-state index contributed by atoms with van der Waals surface area (Å²) in [5, 5.41) is 2.87. The minimum absolute atomic E-state index is 0.114. The number of para-hydroxylation sites is 1. The van der Waals surface area contributed by atoms with Crippen LogP contribution in [-0.4, -0.2) is 30.7 Å². The van der Waals surface area contributed by atoms with Crippen LogP contribution in [0.5, 0.6) is 0 Å². The Morgan fingerprint density at radius 2 is 1.90 bits per heavy atom. The molecule has 4 heteroatoms. The number of amides is 1. The van der Waals surface area contributed by atoms with Gasteiger partial charge in [-0.2, -0.15) is 0 Å². The number of carbonyl (C=O) groups is 2. The highest BCUT2D eigenvalue weighted by atomic mass is 16.2. The van der Waals surface area contributed by atoms with Crippen LogP contribution < -0.4 is 5.32 Å². The monoisotopic (exact) mass is 272 g/mol. The number of allylic oxidation sites excluding steroid dienone is 1. The predicted octanol–water partition coefficient (Wildman–Crippen LogP) is 2.36. The molecule has 1 amide bonds. The normalized spacial score (nSPS) is 15.9. The molecule has 0 aliphatic heterocycles. The third-order valence-corrected chi connectivity index (χ3v) is 3.57. The van der Waals surface area contributed by atoms with Gasteiger partial charge in [0.1, 0.15) is 5.41 Å². The van der Waals surface area contributed by atoms with E-state index in [4.69, 9.17) is 0 Å². The molecule has 0 heterocycles. The number of aryl methyl sites for hydroxylation is 1. The van der Waals surface area contributed by atoms with Gasteiger partial charge in [-0.15, -0.1) is 0 Å². The first kappa shape index (κ1) is 14.3. The molecule has 0 atom stereocenters. The van der Waals surface area contributed by atoms with E-state index >= 15 is 0 Å². The van der Waals surface area contributed by atoms with Crippen molar-refractivity contribution in [3.8, 4) is 0 Å². The van der Waals surface area contributed by atoms with Gasteiger partial charge in [-0.1, -0.05) is 18.2 Å². The molecule has 1 aromatic rings. The number of nitrogens with zero attached hydrogens (tertiary/aromatic N) is 1. The van der Waals surface area contributed by atoms with E-state index < -0.39 is 5.41 Å². The van der Waals surface area contributed by atoms with Crippen LogP contribution in [0.2, 0.25) is 0 Å². The molecule has 1 saturated carbocycles. The predicted molar refractivity (Wildman–Crippen MR) is 79.3 cm³/mol. The first-order valence-corrected chi connectivity index (χ1v) is 6.72. The van der Waals surface area contributed by atoms with E-state index in [9.17, 15) is 9.59 Å². The fourth-order valence-corrected chi connectivity index (χ4v) is 2.04. The van der Waals surface area contributed by atoms with Gasteiger partial charge in [0, 0.05) is 26.0 Å². The van der Waals surface area contributed by atoms with Crippen molar-refractivity contribution in [1.29, 1.82) is 0 Å². The molecule has 0 radical (unpaired) electrons. The van der Waals surface area contributed by atoms with E-state index in [2.05, 4.69) is 5.32 Å². The molecular weight excluding hydrogens is 252 g/mol. The third-order valence-electron chi connectivity index (χ3n) is 3.57. The Morgan fingerprint density at radius 1 is 1.25 bits per heavy atom. The van der Waals surface area contributed by atoms with Crippen LogP contribution >= 0.6 is 0 Å². The van der Waals surface area contributed by atoms with Gasteiger partial charge in [-0.3, -0.25) is 9.59 Å². The number of nitrogens with one attached hydrogen (secondary N) is 1. The summed E-state index contributed by atoms with van der Waals surface area (Å²) in [6.45, 7) is 1.93. The summed E-state index contributed by atoms with van der Waals surface area (Å²) in [5.74, 6) is -0.308.